The second-order valence-corrected chi connectivity index (χ2v) is 4.77. The van der Waals surface area contributed by atoms with Crippen LogP contribution in [0.5, 0.6) is 0 Å². The molecule has 0 aliphatic heterocycles. The van der Waals surface area contributed by atoms with Crippen LogP contribution < -0.4 is 5.32 Å². The summed E-state index contributed by atoms with van der Waals surface area (Å²) in [6.45, 7) is 2.20. The van der Waals surface area contributed by atoms with E-state index in [0.717, 1.165) is 19.1 Å². The minimum absolute atomic E-state index is 0.823. The summed E-state index contributed by atoms with van der Waals surface area (Å²) in [5.74, 6) is 0. The third kappa shape index (κ3) is 2.07. The average molecular weight is 205 g/mol. The molecule has 0 saturated heterocycles. The molecule has 0 aromatic carbocycles. The molecule has 2 aliphatic carbocycles. The van der Waals surface area contributed by atoms with Crippen LogP contribution in [0.4, 0.5) is 0 Å². The van der Waals surface area contributed by atoms with Crippen LogP contribution in [0.3, 0.4) is 0 Å². The Morgan fingerprint density at radius 2 is 2.20 bits per heavy atom. The van der Waals surface area contributed by atoms with Crippen molar-refractivity contribution < 1.29 is 0 Å². The van der Waals surface area contributed by atoms with Crippen molar-refractivity contribution in [2.45, 2.75) is 51.1 Å². The van der Waals surface area contributed by atoms with Gasteiger partial charge in [0.1, 0.15) is 0 Å². The molecule has 3 heteroatoms. The number of fused-ring (bicyclic) bond motifs is 1. The lowest BCUT2D eigenvalue weighted by atomic mass is 10.0. The predicted molar refractivity (Wildman–Crippen MR) is 59.9 cm³/mol. The van der Waals surface area contributed by atoms with Gasteiger partial charge in [0.25, 0.3) is 0 Å². The number of imidazole rings is 1. The van der Waals surface area contributed by atoms with Crippen LogP contribution >= 0.6 is 0 Å². The van der Waals surface area contributed by atoms with Crippen LogP contribution in [0.2, 0.25) is 0 Å². The van der Waals surface area contributed by atoms with Gasteiger partial charge in [0.2, 0.25) is 0 Å². The molecule has 82 valence electrons. The summed E-state index contributed by atoms with van der Waals surface area (Å²) in [4.78, 5) is 4.51. The van der Waals surface area contributed by atoms with Crippen molar-refractivity contribution in [3.8, 4) is 0 Å². The summed E-state index contributed by atoms with van der Waals surface area (Å²) in [6.07, 6.45) is 9.88. The Bertz CT molecular complexity index is 339. The van der Waals surface area contributed by atoms with Gasteiger partial charge in [-0.05, 0) is 38.5 Å². The molecular weight excluding hydrogens is 186 g/mol. The Labute approximate surface area is 90.9 Å². The summed E-state index contributed by atoms with van der Waals surface area (Å²) in [5.41, 5.74) is 2.85. The highest BCUT2D eigenvalue weighted by molar-refractivity contribution is 5.16. The lowest BCUT2D eigenvalue weighted by Crippen LogP contribution is -2.22. The van der Waals surface area contributed by atoms with Crippen molar-refractivity contribution in [1.29, 1.82) is 0 Å². The van der Waals surface area contributed by atoms with Crippen molar-refractivity contribution in [1.82, 2.24) is 14.9 Å². The fourth-order valence-electron chi connectivity index (χ4n) is 2.40. The summed E-state index contributed by atoms with van der Waals surface area (Å²) < 4.78 is 2.35. The maximum absolute atomic E-state index is 4.51. The van der Waals surface area contributed by atoms with E-state index in [9.17, 15) is 0 Å². The normalized spacial score (nSPS) is 20.3. The van der Waals surface area contributed by atoms with Crippen molar-refractivity contribution in [2.75, 3.05) is 6.54 Å². The first-order valence-corrected chi connectivity index (χ1v) is 6.20. The van der Waals surface area contributed by atoms with E-state index in [0.29, 0.717) is 0 Å². The molecule has 1 aromatic heterocycles. The van der Waals surface area contributed by atoms with E-state index in [-0.39, 0.29) is 0 Å². The topological polar surface area (TPSA) is 29.9 Å². The Morgan fingerprint density at radius 3 is 3.07 bits per heavy atom. The van der Waals surface area contributed by atoms with E-state index in [2.05, 4.69) is 14.9 Å². The van der Waals surface area contributed by atoms with Crippen molar-refractivity contribution in [3.63, 3.8) is 0 Å². The SMILES string of the molecule is c1nc2c(n1CCNC1CC1)CCCC2. The van der Waals surface area contributed by atoms with Gasteiger partial charge >= 0.3 is 0 Å². The molecule has 3 rings (SSSR count). The van der Waals surface area contributed by atoms with Crippen molar-refractivity contribution in [2.24, 2.45) is 0 Å². The van der Waals surface area contributed by atoms with Crippen molar-refractivity contribution in [3.05, 3.63) is 17.7 Å². The van der Waals surface area contributed by atoms with Crippen LogP contribution in [-0.2, 0) is 19.4 Å². The molecule has 3 nitrogen and oxygen atoms in total. The Hall–Kier alpha value is -0.830. The highest BCUT2D eigenvalue weighted by Gasteiger charge is 2.20. The lowest BCUT2D eigenvalue weighted by Gasteiger charge is -2.14. The van der Waals surface area contributed by atoms with Gasteiger partial charge in [-0.25, -0.2) is 4.98 Å². The maximum Gasteiger partial charge on any atom is 0.0952 e. The third-order valence-electron chi connectivity index (χ3n) is 3.47. The fraction of sp³-hybridized carbons (Fsp3) is 0.750. The Kier molecular flexibility index (Phi) is 2.49. The Morgan fingerprint density at radius 1 is 1.33 bits per heavy atom. The van der Waals surface area contributed by atoms with Gasteiger partial charge in [0.05, 0.1) is 12.0 Å². The number of rotatable bonds is 4. The first-order chi connectivity index (χ1) is 7.43. The fourth-order valence-corrected chi connectivity index (χ4v) is 2.40. The van der Waals surface area contributed by atoms with Gasteiger partial charge in [-0.2, -0.15) is 0 Å². The van der Waals surface area contributed by atoms with E-state index in [1.54, 1.807) is 0 Å². The summed E-state index contributed by atoms with van der Waals surface area (Å²) in [7, 11) is 0. The third-order valence-corrected chi connectivity index (χ3v) is 3.47. The highest BCUT2D eigenvalue weighted by Crippen LogP contribution is 2.20. The summed E-state index contributed by atoms with van der Waals surface area (Å²) in [5, 5.41) is 3.55. The lowest BCUT2D eigenvalue weighted by molar-refractivity contribution is 0.561. The zero-order valence-corrected chi connectivity index (χ0v) is 9.21. The van der Waals surface area contributed by atoms with Crippen LogP contribution in [-0.4, -0.2) is 22.1 Å². The molecule has 1 saturated carbocycles. The minimum atomic E-state index is 0.823. The molecule has 0 amide bonds. The molecule has 1 fully saturated rings. The number of nitrogens with zero attached hydrogens (tertiary/aromatic N) is 2. The van der Waals surface area contributed by atoms with Crippen LogP contribution in [0.15, 0.2) is 6.33 Å². The molecule has 1 N–H and O–H groups in total. The summed E-state index contributed by atoms with van der Waals surface area (Å²) >= 11 is 0. The van der Waals surface area contributed by atoms with E-state index >= 15 is 0 Å². The average Bonchev–Trinajstić information content (AvgIpc) is 3.00. The number of hydrogen-bond donors (Lipinski definition) is 1. The molecule has 0 atom stereocenters. The number of aryl methyl sites for hydroxylation is 1. The monoisotopic (exact) mass is 205 g/mol. The first kappa shape index (κ1) is 9.40. The second-order valence-electron chi connectivity index (χ2n) is 4.77. The number of hydrogen-bond acceptors (Lipinski definition) is 2. The van der Waals surface area contributed by atoms with Crippen LogP contribution in [0.1, 0.15) is 37.1 Å². The quantitative estimate of drug-likeness (QED) is 0.807. The van der Waals surface area contributed by atoms with Gasteiger partial charge in [0.15, 0.2) is 0 Å². The largest absolute Gasteiger partial charge is 0.333 e. The molecule has 2 aliphatic rings. The van der Waals surface area contributed by atoms with Gasteiger partial charge in [-0.15, -0.1) is 0 Å². The maximum atomic E-state index is 4.51. The minimum Gasteiger partial charge on any atom is -0.333 e. The molecule has 1 aromatic rings. The highest BCUT2D eigenvalue weighted by atomic mass is 15.1. The Balaban J connectivity index is 1.60. The van der Waals surface area contributed by atoms with Gasteiger partial charge < -0.3 is 9.88 Å². The van der Waals surface area contributed by atoms with Gasteiger partial charge in [-0.3, -0.25) is 0 Å². The molecule has 0 bridgehead atoms. The summed E-state index contributed by atoms with van der Waals surface area (Å²) in [6, 6.07) is 0.823. The van der Waals surface area contributed by atoms with Crippen LogP contribution in [0, 0.1) is 0 Å². The molecule has 0 spiro atoms. The van der Waals surface area contributed by atoms with E-state index in [1.807, 2.05) is 6.33 Å². The van der Waals surface area contributed by atoms with E-state index in [1.165, 1.54) is 49.9 Å². The van der Waals surface area contributed by atoms with Gasteiger partial charge in [0, 0.05) is 24.8 Å². The smallest absolute Gasteiger partial charge is 0.0952 e. The zero-order valence-electron chi connectivity index (χ0n) is 9.21. The molecule has 0 radical (unpaired) electrons. The number of aromatic nitrogens is 2. The zero-order chi connectivity index (χ0) is 10.1. The predicted octanol–water partition coefficient (Wildman–Crippen LogP) is 1.51. The van der Waals surface area contributed by atoms with Gasteiger partial charge in [-0.1, -0.05) is 0 Å². The molecule has 15 heavy (non-hydrogen) atoms. The molecular formula is C12H19N3. The van der Waals surface area contributed by atoms with E-state index in [4.69, 9.17) is 0 Å². The van der Waals surface area contributed by atoms with Crippen LogP contribution in [0.25, 0.3) is 0 Å². The first-order valence-electron chi connectivity index (χ1n) is 6.20. The second kappa shape index (κ2) is 3.97. The van der Waals surface area contributed by atoms with E-state index < -0.39 is 0 Å². The standard InChI is InChI=1S/C12H19N3/c1-2-4-12-11(3-1)14-9-15(12)8-7-13-10-5-6-10/h9-10,13H,1-8H2. The molecule has 1 heterocycles. The van der Waals surface area contributed by atoms with Crippen molar-refractivity contribution >= 4 is 0 Å². The number of nitrogens with one attached hydrogen (secondary N) is 1. The molecule has 0 unspecified atom stereocenters.